The summed E-state index contributed by atoms with van der Waals surface area (Å²) in [7, 11) is 1.48. The molecule has 2 aromatic heterocycles. The number of aromatic nitrogens is 3. The predicted octanol–water partition coefficient (Wildman–Crippen LogP) is 1.95. The van der Waals surface area contributed by atoms with Gasteiger partial charge in [0.2, 0.25) is 5.88 Å². The molecule has 0 saturated heterocycles. The van der Waals surface area contributed by atoms with E-state index in [0.29, 0.717) is 11.5 Å². The maximum Gasteiger partial charge on any atom is 0.271 e. The van der Waals surface area contributed by atoms with Gasteiger partial charge in [-0.3, -0.25) is 4.79 Å². The minimum Gasteiger partial charge on any atom is -0.480 e. The van der Waals surface area contributed by atoms with Crippen molar-refractivity contribution in [2.45, 2.75) is 6.54 Å². The maximum atomic E-state index is 13.5. The topological polar surface area (TPSA) is 68.5 Å². The number of amides is 1. The van der Waals surface area contributed by atoms with E-state index < -0.39 is 17.5 Å². The van der Waals surface area contributed by atoms with Crippen molar-refractivity contribution in [3.63, 3.8) is 0 Å². The SMILES string of the molecule is COc1ccc2nc(C(=O)NCc3cc(F)ccc3F)cn2n1. The van der Waals surface area contributed by atoms with Gasteiger partial charge >= 0.3 is 0 Å². The lowest BCUT2D eigenvalue weighted by Gasteiger charge is -2.04. The summed E-state index contributed by atoms with van der Waals surface area (Å²) in [6.07, 6.45) is 1.43. The number of nitrogens with zero attached hydrogens (tertiary/aromatic N) is 3. The number of carbonyl (C=O) groups is 1. The fourth-order valence-electron chi connectivity index (χ4n) is 2.03. The van der Waals surface area contributed by atoms with E-state index in [0.717, 1.165) is 18.2 Å². The fraction of sp³-hybridized carbons (Fsp3) is 0.133. The van der Waals surface area contributed by atoms with Crippen molar-refractivity contribution >= 4 is 11.6 Å². The number of halogens is 2. The second kappa shape index (κ2) is 5.99. The first kappa shape index (κ1) is 14.9. The summed E-state index contributed by atoms with van der Waals surface area (Å²) in [5.74, 6) is -1.30. The Balaban J connectivity index is 1.76. The monoisotopic (exact) mass is 318 g/mol. The zero-order valence-corrected chi connectivity index (χ0v) is 12.1. The molecule has 0 spiro atoms. The Hall–Kier alpha value is -3.03. The smallest absolute Gasteiger partial charge is 0.271 e. The third-order valence-electron chi connectivity index (χ3n) is 3.18. The Kier molecular flexibility index (Phi) is 3.88. The molecule has 23 heavy (non-hydrogen) atoms. The molecule has 0 atom stereocenters. The highest BCUT2D eigenvalue weighted by molar-refractivity contribution is 5.92. The lowest BCUT2D eigenvalue weighted by molar-refractivity contribution is 0.0946. The Morgan fingerprint density at radius 3 is 2.91 bits per heavy atom. The number of ether oxygens (including phenoxy) is 1. The Bertz CT molecular complexity index is 879. The van der Waals surface area contributed by atoms with Crippen LogP contribution in [0.3, 0.4) is 0 Å². The van der Waals surface area contributed by atoms with E-state index in [1.165, 1.54) is 17.8 Å². The Morgan fingerprint density at radius 2 is 2.13 bits per heavy atom. The van der Waals surface area contributed by atoms with Crippen molar-refractivity contribution in [2.24, 2.45) is 0 Å². The summed E-state index contributed by atoms with van der Waals surface area (Å²) < 4.78 is 33.0. The molecule has 0 bridgehead atoms. The standard InChI is InChI=1S/C15H12F2N4O2/c1-23-14-5-4-13-19-12(8-21(13)20-14)15(22)18-7-9-6-10(16)2-3-11(9)17/h2-6,8H,7H2,1H3,(H,18,22). The van der Waals surface area contributed by atoms with Crippen LogP contribution >= 0.6 is 0 Å². The van der Waals surface area contributed by atoms with Crippen LogP contribution in [-0.2, 0) is 6.54 Å². The lowest BCUT2D eigenvalue weighted by Crippen LogP contribution is -2.23. The van der Waals surface area contributed by atoms with E-state index >= 15 is 0 Å². The third kappa shape index (κ3) is 3.10. The van der Waals surface area contributed by atoms with Crippen LogP contribution in [-0.4, -0.2) is 27.6 Å². The summed E-state index contributed by atoms with van der Waals surface area (Å²) in [6, 6.07) is 6.33. The number of rotatable bonds is 4. The van der Waals surface area contributed by atoms with Gasteiger partial charge in [0, 0.05) is 18.2 Å². The van der Waals surface area contributed by atoms with Gasteiger partial charge in [-0.15, -0.1) is 5.10 Å². The highest BCUT2D eigenvalue weighted by atomic mass is 19.1. The molecule has 2 heterocycles. The fourth-order valence-corrected chi connectivity index (χ4v) is 2.03. The zero-order chi connectivity index (χ0) is 16.4. The number of fused-ring (bicyclic) bond motifs is 1. The van der Waals surface area contributed by atoms with Gasteiger partial charge in [-0.2, -0.15) is 0 Å². The summed E-state index contributed by atoms with van der Waals surface area (Å²) in [6.45, 7) is -0.146. The van der Waals surface area contributed by atoms with E-state index in [4.69, 9.17) is 4.74 Å². The van der Waals surface area contributed by atoms with Crippen molar-refractivity contribution < 1.29 is 18.3 Å². The number of benzene rings is 1. The molecule has 0 aliphatic heterocycles. The van der Waals surface area contributed by atoms with Crippen LogP contribution < -0.4 is 10.1 Å². The molecule has 0 aliphatic rings. The van der Waals surface area contributed by atoms with Gasteiger partial charge in [-0.25, -0.2) is 18.3 Å². The Morgan fingerprint density at radius 1 is 1.30 bits per heavy atom. The average Bonchev–Trinajstić information content (AvgIpc) is 2.98. The van der Waals surface area contributed by atoms with Crippen molar-refractivity contribution in [3.8, 4) is 5.88 Å². The molecule has 3 aromatic rings. The van der Waals surface area contributed by atoms with Gasteiger partial charge in [0.25, 0.3) is 5.91 Å². The Labute approximate surface area is 129 Å². The minimum atomic E-state index is -0.590. The number of nitrogens with one attached hydrogen (secondary N) is 1. The quantitative estimate of drug-likeness (QED) is 0.798. The van der Waals surface area contributed by atoms with E-state index in [2.05, 4.69) is 15.4 Å². The molecular formula is C15H12F2N4O2. The van der Waals surface area contributed by atoms with Crippen LogP contribution in [0.5, 0.6) is 5.88 Å². The third-order valence-corrected chi connectivity index (χ3v) is 3.18. The predicted molar refractivity (Wildman–Crippen MR) is 77.1 cm³/mol. The second-order valence-electron chi connectivity index (χ2n) is 4.72. The van der Waals surface area contributed by atoms with Crippen LogP contribution in [0.2, 0.25) is 0 Å². The first-order valence-corrected chi connectivity index (χ1v) is 6.69. The molecule has 0 unspecified atom stereocenters. The highest BCUT2D eigenvalue weighted by Crippen LogP contribution is 2.11. The summed E-state index contributed by atoms with van der Waals surface area (Å²) in [5, 5.41) is 6.58. The number of carbonyl (C=O) groups excluding carboxylic acids is 1. The zero-order valence-electron chi connectivity index (χ0n) is 12.1. The van der Waals surface area contributed by atoms with Gasteiger partial charge in [-0.05, 0) is 24.3 Å². The molecule has 1 amide bonds. The van der Waals surface area contributed by atoms with Crippen LogP contribution in [0.1, 0.15) is 16.1 Å². The summed E-state index contributed by atoms with van der Waals surface area (Å²) in [5.41, 5.74) is 0.636. The van der Waals surface area contributed by atoms with Crippen LogP contribution in [0.4, 0.5) is 8.78 Å². The number of hydrogen-bond donors (Lipinski definition) is 1. The van der Waals surface area contributed by atoms with Crippen LogP contribution in [0, 0.1) is 11.6 Å². The van der Waals surface area contributed by atoms with E-state index in [1.807, 2.05) is 0 Å². The molecule has 1 N–H and O–H groups in total. The first-order chi connectivity index (χ1) is 11.1. The van der Waals surface area contributed by atoms with E-state index in [1.54, 1.807) is 12.1 Å². The van der Waals surface area contributed by atoms with Crippen LogP contribution in [0.25, 0.3) is 5.65 Å². The summed E-state index contributed by atoms with van der Waals surface area (Å²) in [4.78, 5) is 16.2. The second-order valence-corrected chi connectivity index (χ2v) is 4.72. The molecular weight excluding hydrogens is 306 g/mol. The van der Waals surface area contributed by atoms with Gasteiger partial charge in [0.15, 0.2) is 5.65 Å². The molecule has 0 fully saturated rings. The number of imidazole rings is 1. The summed E-state index contributed by atoms with van der Waals surface area (Å²) >= 11 is 0. The minimum absolute atomic E-state index is 0.0573. The lowest BCUT2D eigenvalue weighted by atomic mass is 10.2. The number of methoxy groups -OCH3 is 1. The van der Waals surface area contributed by atoms with Gasteiger partial charge < -0.3 is 10.1 Å². The molecule has 3 rings (SSSR count). The van der Waals surface area contributed by atoms with Crippen molar-refractivity contribution in [2.75, 3.05) is 7.11 Å². The number of hydrogen-bond acceptors (Lipinski definition) is 4. The molecule has 8 heteroatoms. The molecule has 6 nitrogen and oxygen atoms in total. The maximum absolute atomic E-state index is 13.5. The van der Waals surface area contributed by atoms with Crippen LogP contribution in [0.15, 0.2) is 36.5 Å². The molecule has 0 aliphatic carbocycles. The molecule has 0 saturated carbocycles. The van der Waals surface area contributed by atoms with Gasteiger partial charge in [0.1, 0.15) is 17.3 Å². The molecule has 0 radical (unpaired) electrons. The largest absolute Gasteiger partial charge is 0.480 e. The highest BCUT2D eigenvalue weighted by Gasteiger charge is 2.13. The average molecular weight is 318 g/mol. The van der Waals surface area contributed by atoms with Gasteiger partial charge in [-0.1, -0.05) is 0 Å². The van der Waals surface area contributed by atoms with E-state index in [-0.39, 0.29) is 17.8 Å². The van der Waals surface area contributed by atoms with Crippen molar-refractivity contribution in [3.05, 3.63) is 59.4 Å². The van der Waals surface area contributed by atoms with E-state index in [9.17, 15) is 13.6 Å². The van der Waals surface area contributed by atoms with Crippen molar-refractivity contribution in [1.82, 2.24) is 19.9 Å². The first-order valence-electron chi connectivity index (χ1n) is 6.69. The van der Waals surface area contributed by atoms with Gasteiger partial charge in [0.05, 0.1) is 13.3 Å². The molecule has 118 valence electrons. The normalized spacial score (nSPS) is 10.7. The molecule has 1 aromatic carbocycles. The van der Waals surface area contributed by atoms with Crippen molar-refractivity contribution in [1.29, 1.82) is 0 Å².